The van der Waals surface area contributed by atoms with Gasteiger partial charge in [0.1, 0.15) is 0 Å². The number of nitrogens with zero attached hydrogens (tertiary/aromatic N) is 1. The molecule has 0 aliphatic carbocycles. The lowest BCUT2D eigenvalue weighted by molar-refractivity contribution is -0.117. The Bertz CT molecular complexity index is 722. The van der Waals surface area contributed by atoms with Gasteiger partial charge in [-0.05, 0) is 36.1 Å². The second-order valence-corrected chi connectivity index (χ2v) is 6.43. The first-order chi connectivity index (χ1) is 12.3. The van der Waals surface area contributed by atoms with Crippen molar-refractivity contribution in [2.75, 3.05) is 26.2 Å². The summed E-state index contributed by atoms with van der Waals surface area (Å²) in [5.74, 6) is 0.0768. The Kier molecular flexibility index (Phi) is 6.02. The Morgan fingerprint density at radius 3 is 2.40 bits per heavy atom. The topological polar surface area (TPSA) is 32.3 Å². The third kappa shape index (κ3) is 4.58. The van der Waals surface area contributed by atoms with Crippen molar-refractivity contribution in [2.24, 2.45) is 0 Å². The molecule has 0 atom stereocenters. The molecule has 2 aromatic carbocycles. The lowest BCUT2D eigenvalue weighted by Gasteiger charge is -2.29. The Morgan fingerprint density at radius 1 is 1.04 bits per heavy atom. The molecule has 3 heteroatoms. The molecule has 1 amide bonds. The lowest BCUT2D eigenvalue weighted by Crippen LogP contribution is -2.38. The number of amides is 1. The molecular weight excluding hydrogens is 308 g/mol. The van der Waals surface area contributed by atoms with Crippen molar-refractivity contribution in [2.45, 2.75) is 19.8 Å². The summed E-state index contributed by atoms with van der Waals surface area (Å²) in [6.45, 7) is 5.54. The van der Waals surface area contributed by atoms with Gasteiger partial charge in [-0.1, -0.05) is 67.6 Å². The highest BCUT2D eigenvalue weighted by Crippen LogP contribution is 2.27. The maximum atomic E-state index is 12.8. The van der Waals surface area contributed by atoms with Crippen LogP contribution in [-0.2, 0) is 11.2 Å². The standard InChI is InChI=1S/C22H26N2O/c1-2-24-16-14-20(19-11-7-4-8-12-19)21(17-24)22(25)23-15-13-18-9-5-3-6-10-18/h3-12H,2,13-17H2,1H3,(H,23,25). The second-order valence-electron chi connectivity index (χ2n) is 6.43. The van der Waals surface area contributed by atoms with E-state index < -0.39 is 0 Å². The maximum absolute atomic E-state index is 12.8. The first-order valence-corrected chi connectivity index (χ1v) is 9.10. The molecule has 130 valence electrons. The third-order valence-electron chi connectivity index (χ3n) is 4.81. The molecule has 1 aliphatic heterocycles. The van der Waals surface area contributed by atoms with Crippen molar-refractivity contribution in [3.05, 3.63) is 77.4 Å². The molecule has 0 saturated heterocycles. The van der Waals surface area contributed by atoms with E-state index in [1.165, 1.54) is 16.7 Å². The van der Waals surface area contributed by atoms with Gasteiger partial charge in [-0.2, -0.15) is 0 Å². The Balaban J connectivity index is 1.72. The number of hydrogen-bond donors (Lipinski definition) is 1. The summed E-state index contributed by atoms with van der Waals surface area (Å²) in [6, 6.07) is 20.6. The molecule has 3 nitrogen and oxygen atoms in total. The van der Waals surface area contributed by atoms with Crippen molar-refractivity contribution < 1.29 is 4.79 Å². The molecule has 2 aromatic rings. The predicted molar refractivity (Wildman–Crippen MR) is 103 cm³/mol. The SMILES string of the molecule is CCN1CCC(c2ccccc2)=C(C(=O)NCCc2ccccc2)C1. The van der Waals surface area contributed by atoms with Gasteiger partial charge in [-0.3, -0.25) is 9.69 Å². The Hall–Kier alpha value is -2.39. The van der Waals surface area contributed by atoms with Crippen LogP contribution in [0.3, 0.4) is 0 Å². The van der Waals surface area contributed by atoms with E-state index in [0.717, 1.165) is 38.0 Å². The van der Waals surface area contributed by atoms with E-state index in [2.05, 4.69) is 41.4 Å². The van der Waals surface area contributed by atoms with Crippen LogP contribution in [0.15, 0.2) is 66.2 Å². The van der Waals surface area contributed by atoms with Crippen LogP contribution < -0.4 is 5.32 Å². The van der Waals surface area contributed by atoms with Crippen LogP contribution in [0.5, 0.6) is 0 Å². The Morgan fingerprint density at radius 2 is 1.72 bits per heavy atom. The number of carbonyl (C=O) groups is 1. The first-order valence-electron chi connectivity index (χ1n) is 9.10. The number of carbonyl (C=O) groups excluding carboxylic acids is 1. The van der Waals surface area contributed by atoms with E-state index in [4.69, 9.17) is 0 Å². The fourth-order valence-electron chi connectivity index (χ4n) is 3.33. The minimum atomic E-state index is 0.0768. The highest BCUT2D eigenvalue weighted by Gasteiger charge is 2.23. The van der Waals surface area contributed by atoms with E-state index >= 15 is 0 Å². The van der Waals surface area contributed by atoms with E-state index in [1.807, 2.05) is 36.4 Å². The molecule has 3 rings (SSSR count). The van der Waals surface area contributed by atoms with E-state index in [1.54, 1.807) is 0 Å². The van der Waals surface area contributed by atoms with Crippen LogP contribution in [-0.4, -0.2) is 37.0 Å². The minimum Gasteiger partial charge on any atom is -0.352 e. The average Bonchev–Trinajstić information content (AvgIpc) is 2.69. The molecule has 0 spiro atoms. The fraction of sp³-hybridized carbons (Fsp3) is 0.318. The van der Waals surface area contributed by atoms with Gasteiger partial charge in [0.05, 0.1) is 0 Å². The highest BCUT2D eigenvalue weighted by atomic mass is 16.1. The molecule has 1 aliphatic rings. The minimum absolute atomic E-state index is 0.0768. The lowest BCUT2D eigenvalue weighted by atomic mass is 9.93. The van der Waals surface area contributed by atoms with Crippen LogP contribution in [0.25, 0.3) is 5.57 Å². The van der Waals surface area contributed by atoms with Crippen LogP contribution in [0.2, 0.25) is 0 Å². The zero-order valence-electron chi connectivity index (χ0n) is 14.9. The zero-order chi connectivity index (χ0) is 17.5. The summed E-state index contributed by atoms with van der Waals surface area (Å²) in [7, 11) is 0. The highest BCUT2D eigenvalue weighted by molar-refractivity contribution is 6.02. The number of hydrogen-bond acceptors (Lipinski definition) is 2. The predicted octanol–water partition coefficient (Wildman–Crippen LogP) is 3.52. The van der Waals surface area contributed by atoms with Crippen LogP contribution in [0, 0.1) is 0 Å². The monoisotopic (exact) mass is 334 g/mol. The third-order valence-corrected chi connectivity index (χ3v) is 4.81. The van der Waals surface area contributed by atoms with Crippen molar-refractivity contribution in [3.8, 4) is 0 Å². The van der Waals surface area contributed by atoms with Gasteiger partial charge >= 0.3 is 0 Å². The molecule has 1 heterocycles. The number of benzene rings is 2. The molecular formula is C22H26N2O. The van der Waals surface area contributed by atoms with Crippen LogP contribution >= 0.6 is 0 Å². The first kappa shape index (κ1) is 17.4. The molecule has 0 radical (unpaired) electrons. The molecule has 0 fully saturated rings. The molecule has 0 saturated carbocycles. The van der Waals surface area contributed by atoms with Crippen molar-refractivity contribution in [1.82, 2.24) is 10.2 Å². The van der Waals surface area contributed by atoms with E-state index in [-0.39, 0.29) is 5.91 Å². The summed E-state index contributed by atoms with van der Waals surface area (Å²) in [5.41, 5.74) is 4.54. The van der Waals surface area contributed by atoms with Gasteiger partial charge in [0.2, 0.25) is 5.91 Å². The molecule has 0 unspecified atom stereocenters. The summed E-state index contributed by atoms with van der Waals surface area (Å²) < 4.78 is 0. The van der Waals surface area contributed by atoms with Gasteiger partial charge in [0.25, 0.3) is 0 Å². The van der Waals surface area contributed by atoms with Crippen molar-refractivity contribution in [1.29, 1.82) is 0 Å². The Labute approximate surface area is 150 Å². The van der Waals surface area contributed by atoms with Crippen molar-refractivity contribution in [3.63, 3.8) is 0 Å². The maximum Gasteiger partial charge on any atom is 0.248 e. The molecule has 0 aromatic heterocycles. The number of likely N-dealkylation sites (N-methyl/N-ethyl adjacent to an activating group) is 1. The van der Waals surface area contributed by atoms with Gasteiger partial charge in [0, 0.05) is 25.2 Å². The summed E-state index contributed by atoms with van der Waals surface area (Å²) in [4.78, 5) is 15.2. The van der Waals surface area contributed by atoms with Gasteiger partial charge in [0.15, 0.2) is 0 Å². The van der Waals surface area contributed by atoms with Crippen molar-refractivity contribution >= 4 is 11.5 Å². The molecule has 1 N–H and O–H groups in total. The quantitative estimate of drug-likeness (QED) is 0.876. The van der Waals surface area contributed by atoms with Gasteiger partial charge < -0.3 is 5.32 Å². The summed E-state index contributed by atoms with van der Waals surface area (Å²) in [5, 5.41) is 3.12. The van der Waals surface area contributed by atoms with Crippen LogP contribution in [0.4, 0.5) is 0 Å². The largest absolute Gasteiger partial charge is 0.352 e. The second kappa shape index (κ2) is 8.63. The van der Waals surface area contributed by atoms with Crippen LogP contribution in [0.1, 0.15) is 24.5 Å². The molecule has 0 bridgehead atoms. The van der Waals surface area contributed by atoms with E-state index in [9.17, 15) is 4.79 Å². The van der Waals surface area contributed by atoms with Gasteiger partial charge in [-0.25, -0.2) is 0 Å². The normalized spacial score (nSPS) is 15.2. The smallest absolute Gasteiger partial charge is 0.248 e. The summed E-state index contributed by atoms with van der Waals surface area (Å²) in [6.07, 6.45) is 1.79. The number of nitrogens with one attached hydrogen (secondary N) is 1. The zero-order valence-corrected chi connectivity index (χ0v) is 14.9. The number of rotatable bonds is 6. The van der Waals surface area contributed by atoms with Gasteiger partial charge in [-0.15, -0.1) is 0 Å². The summed E-state index contributed by atoms with van der Waals surface area (Å²) >= 11 is 0. The fourth-order valence-corrected chi connectivity index (χ4v) is 3.33. The van der Waals surface area contributed by atoms with E-state index in [0.29, 0.717) is 6.54 Å². The molecule has 25 heavy (non-hydrogen) atoms. The average molecular weight is 334 g/mol.